The quantitative estimate of drug-likeness (QED) is 0.695. The van der Waals surface area contributed by atoms with Crippen molar-refractivity contribution in [1.29, 1.82) is 0 Å². The zero-order valence-electron chi connectivity index (χ0n) is 13.4. The molecule has 2 heterocycles. The number of anilines is 2. The number of hydrogen-bond acceptors (Lipinski definition) is 5. The smallest absolute Gasteiger partial charge is 0.275 e. The topological polar surface area (TPSA) is 97.1 Å². The lowest BCUT2D eigenvalue weighted by Crippen LogP contribution is -2.18. The van der Waals surface area contributed by atoms with Gasteiger partial charge in [-0.15, -0.1) is 0 Å². The number of nitrogens with zero attached hydrogens (tertiary/aromatic N) is 2. The molecule has 7 nitrogen and oxygen atoms in total. The van der Waals surface area contributed by atoms with Gasteiger partial charge in [0.1, 0.15) is 17.1 Å². The van der Waals surface area contributed by atoms with Gasteiger partial charge in [0.05, 0.1) is 10.0 Å². The van der Waals surface area contributed by atoms with Crippen molar-refractivity contribution in [2.45, 2.75) is 6.92 Å². The van der Waals surface area contributed by atoms with Gasteiger partial charge in [-0.25, -0.2) is 4.98 Å². The summed E-state index contributed by atoms with van der Waals surface area (Å²) >= 11 is 11.8. The average Bonchev–Trinajstić information content (AvgIpc) is 3.03. The highest BCUT2D eigenvalue weighted by Crippen LogP contribution is 2.25. The van der Waals surface area contributed by atoms with Gasteiger partial charge in [-0.05, 0) is 37.3 Å². The number of carbonyl (C=O) groups excluding carboxylic acids is 2. The monoisotopic (exact) mass is 390 g/mol. The first-order valence-electron chi connectivity index (χ1n) is 7.40. The van der Waals surface area contributed by atoms with Crippen LogP contribution in [0.4, 0.5) is 11.5 Å². The normalized spacial score (nSPS) is 10.4. The summed E-state index contributed by atoms with van der Waals surface area (Å²) in [7, 11) is 0. The summed E-state index contributed by atoms with van der Waals surface area (Å²) < 4.78 is 4.88. The molecule has 0 fully saturated rings. The number of amides is 2. The number of halogens is 2. The number of aromatic nitrogens is 2. The fourth-order valence-corrected chi connectivity index (χ4v) is 2.36. The molecule has 9 heteroatoms. The fourth-order valence-electron chi connectivity index (χ4n) is 2.06. The SMILES string of the molecule is Cc1cc(NC(=O)c2cccc(C(=O)Nc3ccc(Cl)c(Cl)c3)n2)no1. The highest BCUT2D eigenvalue weighted by Gasteiger charge is 2.14. The van der Waals surface area contributed by atoms with Crippen LogP contribution in [0, 0.1) is 6.92 Å². The average molecular weight is 391 g/mol. The third-order valence-electron chi connectivity index (χ3n) is 3.26. The molecule has 0 unspecified atom stereocenters. The molecule has 132 valence electrons. The van der Waals surface area contributed by atoms with Gasteiger partial charge in [-0.1, -0.05) is 34.4 Å². The van der Waals surface area contributed by atoms with E-state index >= 15 is 0 Å². The molecule has 2 N–H and O–H groups in total. The van der Waals surface area contributed by atoms with Crippen molar-refractivity contribution in [1.82, 2.24) is 10.1 Å². The van der Waals surface area contributed by atoms with Crippen LogP contribution in [0.15, 0.2) is 47.0 Å². The maximum Gasteiger partial charge on any atom is 0.275 e. The molecule has 0 saturated heterocycles. The summed E-state index contributed by atoms with van der Waals surface area (Å²) in [5.41, 5.74) is 0.589. The van der Waals surface area contributed by atoms with E-state index in [0.29, 0.717) is 21.5 Å². The number of aryl methyl sites for hydroxylation is 1. The van der Waals surface area contributed by atoms with Crippen molar-refractivity contribution in [3.63, 3.8) is 0 Å². The van der Waals surface area contributed by atoms with E-state index in [9.17, 15) is 9.59 Å². The third kappa shape index (κ3) is 4.19. The Balaban J connectivity index is 1.74. The molecule has 3 rings (SSSR count). The van der Waals surface area contributed by atoms with Gasteiger partial charge in [-0.3, -0.25) is 9.59 Å². The van der Waals surface area contributed by atoms with Crippen LogP contribution >= 0.6 is 23.2 Å². The van der Waals surface area contributed by atoms with Crippen LogP contribution in [0.5, 0.6) is 0 Å². The largest absolute Gasteiger partial charge is 0.360 e. The first-order valence-corrected chi connectivity index (χ1v) is 8.16. The van der Waals surface area contributed by atoms with E-state index in [0.717, 1.165) is 0 Å². The second-order valence-corrected chi connectivity index (χ2v) is 6.08. The predicted octanol–water partition coefficient (Wildman–Crippen LogP) is 4.19. The molecule has 0 atom stereocenters. The number of hydrogen-bond donors (Lipinski definition) is 2. The molecule has 1 aromatic carbocycles. The standard InChI is InChI=1S/C17H12Cl2N4O3/c1-9-7-15(23-26-9)22-17(25)14-4-2-3-13(21-14)16(24)20-10-5-6-11(18)12(19)8-10/h2-8H,1H3,(H,20,24)(H,22,23,25). The van der Waals surface area contributed by atoms with Crippen LogP contribution in [0.3, 0.4) is 0 Å². The van der Waals surface area contributed by atoms with Gasteiger partial charge >= 0.3 is 0 Å². The summed E-state index contributed by atoms with van der Waals surface area (Å²) in [4.78, 5) is 28.6. The summed E-state index contributed by atoms with van der Waals surface area (Å²) in [6.45, 7) is 1.70. The summed E-state index contributed by atoms with van der Waals surface area (Å²) in [6.07, 6.45) is 0. The van der Waals surface area contributed by atoms with E-state index in [4.69, 9.17) is 27.7 Å². The van der Waals surface area contributed by atoms with Crippen molar-refractivity contribution >= 4 is 46.5 Å². The Labute approximate surface area is 158 Å². The molecule has 0 bridgehead atoms. The molecule has 0 saturated carbocycles. The van der Waals surface area contributed by atoms with E-state index in [1.165, 1.54) is 18.2 Å². The van der Waals surface area contributed by atoms with E-state index in [1.54, 1.807) is 31.2 Å². The van der Waals surface area contributed by atoms with E-state index in [1.807, 2.05) is 0 Å². The maximum atomic E-state index is 12.3. The van der Waals surface area contributed by atoms with Gasteiger partial charge in [0.2, 0.25) is 0 Å². The molecule has 0 aliphatic heterocycles. The Morgan fingerprint density at radius 3 is 2.27 bits per heavy atom. The van der Waals surface area contributed by atoms with Gasteiger partial charge < -0.3 is 15.2 Å². The Hall–Kier alpha value is -2.90. The van der Waals surface area contributed by atoms with Crippen LogP contribution in [-0.2, 0) is 0 Å². The second kappa shape index (κ2) is 7.55. The molecular weight excluding hydrogens is 379 g/mol. The van der Waals surface area contributed by atoms with Crippen molar-refractivity contribution in [3.05, 3.63) is 69.7 Å². The Bertz CT molecular complexity index is 988. The molecular formula is C17H12Cl2N4O3. The summed E-state index contributed by atoms with van der Waals surface area (Å²) in [6, 6.07) is 10.8. The van der Waals surface area contributed by atoms with Gasteiger partial charge in [0, 0.05) is 11.8 Å². The minimum absolute atomic E-state index is 0.0624. The number of benzene rings is 1. The molecule has 0 aliphatic rings. The first kappa shape index (κ1) is 17.9. The Kier molecular flexibility index (Phi) is 5.20. The zero-order chi connectivity index (χ0) is 18.7. The van der Waals surface area contributed by atoms with Gasteiger partial charge in [0.15, 0.2) is 5.82 Å². The van der Waals surface area contributed by atoms with Crippen LogP contribution in [-0.4, -0.2) is 22.0 Å². The van der Waals surface area contributed by atoms with Crippen LogP contribution in [0.2, 0.25) is 10.0 Å². The Morgan fingerprint density at radius 1 is 0.962 bits per heavy atom. The van der Waals surface area contributed by atoms with E-state index < -0.39 is 11.8 Å². The van der Waals surface area contributed by atoms with Crippen molar-refractivity contribution in [3.8, 4) is 0 Å². The molecule has 2 amide bonds. The molecule has 3 aromatic rings. The highest BCUT2D eigenvalue weighted by molar-refractivity contribution is 6.42. The molecule has 2 aromatic heterocycles. The minimum atomic E-state index is -0.512. The van der Waals surface area contributed by atoms with Crippen molar-refractivity contribution in [2.75, 3.05) is 10.6 Å². The molecule has 0 radical (unpaired) electrons. The Morgan fingerprint density at radius 2 is 1.65 bits per heavy atom. The lowest BCUT2D eigenvalue weighted by molar-refractivity contribution is 0.101. The third-order valence-corrected chi connectivity index (χ3v) is 4.00. The highest BCUT2D eigenvalue weighted by atomic mass is 35.5. The van der Waals surface area contributed by atoms with Crippen LogP contribution < -0.4 is 10.6 Å². The number of nitrogens with one attached hydrogen (secondary N) is 2. The van der Waals surface area contributed by atoms with Crippen LogP contribution in [0.1, 0.15) is 26.7 Å². The zero-order valence-corrected chi connectivity index (χ0v) is 14.9. The number of pyridine rings is 1. The first-order chi connectivity index (χ1) is 12.4. The minimum Gasteiger partial charge on any atom is -0.360 e. The van der Waals surface area contributed by atoms with Crippen molar-refractivity contribution in [2.24, 2.45) is 0 Å². The summed E-state index contributed by atoms with van der Waals surface area (Å²) in [5.74, 6) is -0.180. The predicted molar refractivity (Wildman–Crippen MR) is 97.8 cm³/mol. The van der Waals surface area contributed by atoms with E-state index in [2.05, 4.69) is 20.8 Å². The molecule has 0 spiro atoms. The van der Waals surface area contributed by atoms with Crippen molar-refractivity contribution < 1.29 is 14.1 Å². The van der Waals surface area contributed by atoms with Gasteiger partial charge in [0.25, 0.3) is 11.8 Å². The second-order valence-electron chi connectivity index (χ2n) is 5.27. The fraction of sp³-hybridized carbons (Fsp3) is 0.0588. The number of rotatable bonds is 4. The maximum absolute atomic E-state index is 12.3. The lowest BCUT2D eigenvalue weighted by atomic mass is 10.2. The van der Waals surface area contributed by atoms with E-state index in [-0.39, 0.29) is 17.2 Å². The van der Waals surface area contributed by atoms with Crippen LogP contribution in [0.25, 0.3) is 0 Å². The van der Waals surface area contributed by atoms with Gasteiger partial charge in [-0.2, -0.15) is 0 Å². The lowest BCUT2D eigenvalue weighted by Gasteiger charge is -2.07. The molecule has 0 aliphatic carbocycles. The number of carbonyl (C=O) groups is 2. The molecule has 26 heavy (non-hydrogen) atoms. The summed E-state index contributed by atoms with van der Waals surface area (Å²) in [5, 5.41) is 9.55.